The SMILES string of the molecule is c1ccc(-c2ccccc2-c2c(-c3ccccc3)cccc2N(c2ccc(-c3cccc4c3sc3ccccc34)cc2)c2cccc3sc4ccccc4c23)cc1. The molecule has 0 radical (unpaired) electrons. The maximum atomic E-state index is 2.51. The van der Waals surface area contributed by atoms with Crippen LogP contribution in [0.2, 0.25) is 0 Å². The number of hydrogen-bond acceptors (Lipinski definition) is 3. The summed E-state index contributed by atoms with van der Waals surface area (Å²) >= 11 is 3.74. The highest BCUT2D eigenvalue weighted by Crippen LogP contribution is 2.51. The topological polar surface area (TPSA) is 3.24 Å². The normalized spacial score (nSPS) is 11.5. The van der Waals surface area contributed by atoms with Crippen LogP contribution < -0.4 is 4.90 Å². The number of hydrogen-bond donors (Lipinski definition) is 0. The van der Waals surface area contributed by atoms with Crippen LogP contribution in [0, 0.1) is 0 Å². The second-order valence-electron chi connectivity index (χ2n) is 14.4. The van der Waals surface area contributed by atoms with Gasteiger partial charge in [0.2, 0.25) is 0 Å². The van der Waals surface area contributed by atoms with Crippen LogP contribution in [0.5, 0.6) is 0 Å². The number of fused-ring (bicyclic) bond motifs is 6. The molecule has 0 bridgehead atoms. The van der Waals surface area contributed by atoms with E-state index in [0.717, 1.165) is 17.1 Å². The van der Waals surface area contributed by atoms with E-state index in [0.29, 0.717) is 0 Å². The van der Waals surface area contributed by atoms with Crippen molar-refractivity contribution in [1.82, 2.24) is 0 Å². The van der Waals surface area contributed by atoms with Crippen molar-refractivity contribution in [2.24, 2.45) is 0 Å². The van der Waals surface area contributed by atoms with Gasteiger partial charge in [-0.05, 0) is 81.4 Å². The van der Waals surface area contributed by atoms with Crippen molar-refractivity contribution >= 4 is 80.1 Å². The zero-order chi connectivity index (χ0) is 37.7. The molecule has 0 aliphatic rings. The van der Waals surface area contributed by atoms with Crippen LogP contribution in [0.3, 0.4) is 0 Å². The van der Waals surface area contributed by atoms with Crippen LogP contribution in [0.25, 0.3) is 84.9 Å². The third kappa shape index (κ3) is 5.74. The molecular formula is C54H35NS2. The van der Waals surface area contributed by atoms with Gasteiger partial charge in [-0.25, -0.2) is 0 Å². The summed E-state index contributed by atoms with van der Waals surface area (Å²) in [5, 5.41) is 5.18. The average Bonchev–Trinajstić information content (AvgIpc) is 3.87. The lowest BCUT2D eigenvalue weighted by molar-refractivity contribution is 1.30. The molecule has 0 unspecified atom stereocenters. The summed E-state index contributed by atoms with van der Waals surface area (Å²) in [7, 11) is 0. The summed E-state index contributed by atoms with van der Waals surface area (Å²) in [5.41, 5.74) is 13.0. The Labute approximate surface area is 340 Å². The molecule has 3 heteroatoms. The number of nitrogens with zero attached hydrogens (tertiary/aromatic N) is 1. The molecule has 0 saturated heterocycles. The van der Waals surface area contributed by atoms with E-state index in [1.807, 2.05) is 22.7 Å². The third-order valence-corrected chi connectivity index (χ3v) is 13.5. The largest absolute Gasteiger partial charge is 0.309 e. The lowest BCUT2D eigenvalue weighted by Gasteiger charge is -2.30. The van der Waals surface area contributed by atoms with Crippen molar-refractivity contribution in [3.63, 3.8) is 0 Å². The van der Waals surface area contributed by atoms with Gasteiger partial charge in [-0.1, -0.05) is 170 Å². The minimum absolute atomic E-state index is 1.11. The Morgan fingerprint density at radius 2 is 0.807 bits per heavy atom. The van der Waals surface area contributed by atoms with E-state index in [-0.39, 0.29) is 0 Å². The van der Waals surface area contributed by atoms with Crippen molar-refractivity contribution in [2.75, 3.05) is 4.90 Å². The van der Waals surface area contributed by atoms with Gasteiger partial charge in [0.15, 0.2) is 0 Å². The molecule has 0 aliphatic carbocycles. The Balaban J connectivity index is 1.19. The fraction of sp³-hybridized carbons (Fsp3) is 0. The molecule has 0 spiro atoms. The molecular weight excluding hydrogens is 727 g/mol. The molecule has 11 rings (SSSR count). The van der Waals surface area contributed by atoms with E-state index >= 15 is 0 Å². The van der Waals surface area contributed by atoms with Crippen molar-refractivity contribution in [3.05, 3.63) is 212 Å². The summed E-state index contributed by atoms with van der Waals surface area (Å²) in [4.78, 5) is 2.51. The first-order valence-corrected chi connectivity index (χ1v) is 21.0. The predicted molar refractivity (Wildman–Crippen MR) is 249 cm³/mol. The van der Waals surface area contributed by atoms with Gasteiger partial charge in [-0.2, -0.15) is 0 Å². The molecule has 2 heterocycles. The van der Waals surface area contributed by atoms with Crippen LogP contribution in [0.15, 0.2) is 212 Å². The molecule has 0 aliphatic heterocycles. The molecule has 0 N–H and O–H groups in total. The molecule has 0 amide bonds. The molecule has 0 fully saturated rings. The highest BCUT2D eigenvalue weighted by molar-refractivity contribution is 7.26. The molecule has 0 saturated carbocycles. The number of thiophene rings is 2. The first-order chi connectivity index (χ1) is 28.3. The molecule has 11 aromatic rings. The average molecular weight is 762 g/mol. The zero-order valence-corrected chi connectivity index (χ0v) is 32.6. The first-order valence-electron chi connectivity index (χ1n) is 19.3. The van der Waals surface area contributed by atoms with Gasteiger partial charge in [-0.15, -0.1) is 22.7 Å². The minimum Gasteiger partial charge on any atom is -0.309 e. The fourth-order valence-electron chi connectivity index (χ4n) is 8.55. The Morgan fingerprint density at radius 3 is 1.58 bits per heavy atom. The smallest absolute Gasteiger partial charge is 0.0555 e. The fourth-order valence-corrected chi connectivity index (χ4v) is 10.9. The summed E-state index contributed by atoms with van der Waals surface area (Å²) in [6.07, 6.45) is 0. The Bertz CT molecular complexity index is 3230. The maximum absolute atomic E-state index is 2.51. The maximum Gasteiger partial charge on any atom is 0.0555 e. The summed E-state index contributed by atoms with van der Waals surface area (Å²) in [5.74, 6) is 0. The van der Waals surface area contributed by atoms with Crippen molar-refractivity contribution in [2.45, 2.75) is 0 Å². The van der Waals surface area contributed by atoms with E-state index in [2.05, 4.69) is 217 Å². The van der Waals surface area contributed by atoms with Gasteiger partial charge < -0.3 is 4.90 Å². The van der Waals surface area contributed by atoms with E-state index < -0.39 is 0 Å². The van der Waals surface area contributed by atoms with E-state index in [1.54, 1.807) is 0 Å². The highest BCUT2D eigenvalue weighted by atomic mass is 32.1. The number of anilines is 3. The second-order valence-corrected chi connectivity index (χ2v) is 16.5. The minimum atomic E-state index is 1.11. The molecule has 0 atom stereocenters. The standard InChI is InChI=1S/C54H35NS2/c1-3-16-36(17-4-1)40-20-7-8-22-44(40)52-41(37-18-5-2-6-19-37)24-14-27-47(52)55(48-28-15-31-51-53(48)46-23-10-12-30-50(46)56-51)39-34-32-38(33-35-39)42-25-13-26-45-43-21-9-11-29-49(43)57-54(42)45/h1-35H. The Kier molecular flexibility index (Phi) is 8.28. The van der Waals surface area contributed by atoms with E-state index in [4.69, 9.17) is 0 Å². The summed E-state index contributed by atoms with van der Waals surface area (Å²) < 4.78 is 5.21. The zero-order valence-electron chi connectivity index (χ0n) is 31.0. The van der Waals surface area contributed by atoms with Crippen molar-refractivity contribution < 1.29 is 0 Å². The van der Waals surface area contributed by atoms with Crippen LogP contribution in [-0.4, -0.2) is 0 Å². The van der Waals surface area contributed by atoms with Crippen LogP contribution in [0.4, 0.5) is 17.1 Å². The van der Waals surface area contributed by atoms with E-state index in [9.17, 15) is 0 Å². The lowest BCUT2D eigenvalue weighted by Crippen LogP contribution is -2.12. The van der Waals surface area contributed by atoms with Crippen LogP contribution in [-0.2, 0) is 0 Å². The number of rotatable bonds is 7. The van der Waals surface area contributed by atoms with Gasteiger partial charge in [0.1, 0.15) is 0 Å². The molecule has 2 aromatic heterocycles. The molecule has 57 heavy (non-hydrogen) atoms. The summed E-state index contributed by atoms with van der Waals surface area (Å²) in [6, 6.07) is 77.7. The Morgan fingerprint density at radius 1 is 0.298 bits per heavy atom. The lowest BCUT2D eigenvalue weighted by atomic mass is 9.87. The second kappa shape index (κ2) is 14.1. The Hall–Kier alpha value is -6.78. The van der Waals surface area contributed by atoms with E-state index in [1.165, 1.54) is 84.9 Å². The van der Waals surface area contributed by atoms with Gasteiger partial charge in [0.25, 0.3) is 0 Å². The summed E-state index contributed by atoms with van der Waals surface area (Å²) in [6.45, 7) is 0. The molecule has 268 valence electrons. The van der Waals surface area contributed by atoms with Gasteiger partial charge in [-0.3, -0.25) is 0 Å². The molecule has 1 nitrogen and oxygen atoms in total. The quantitative estimate of drug-likeness (QED) is 0.156. The van der Waals surface area contributed by atoms with Crippen LogP contribution in [0.1, 0.15) is 0 Å². The van der Waals surface area contributed by atoms with Crippen molar-refractivity contribution in [3.8, 4) is 44.5 Å². The third-order valence-electron chi connectivity index (χ3n) is 11.1. The van der Waals surface area contributed by atoms with Gasteiger partial charge in [0.05, 0.1) is 11.4 Å². The predicted octanol–water partition coefficient (Wildman–Crippen LogP) is 16.6. The first kappa shape index (κ1) is 33.5. The molecule has 9 aromatic carbocycles. The van der Waals surface area contributed by atoms with Gasteiger partial charge >= 0.3 is 0 Å². The van der Waals surface area contributed by atoms with Crippen LogP contribution >= 0.6 is 22.7 Å². The number of benzene rings is 9. The monoisotopic (exact) mass is 761 g/mol. The van der Waals surface area contributed by atoms with Gasteiger partial charge in [0, 0.05) is 51.6 Å². The highest BCUT2D eigenvalue weighted by Gasteiger charge is 2.25. The van der Waals surface area contributed by atoms with Crippen molar-refractivity contribution in [1.29, 1.82) is 0 Å².